The number of halogens is 1. The molecule has 5 rings (SSSR count). The summed E-state index contributed by atoms with van der Waals surface area (Å²) in [7, 11) is 2.04. The lowest BCUT2D eigenvalue weighted by molar-refractivity contribution is -0.117. The van der Waals surface area contributed by atoms with Crippen LogP contribution < -0.4 is 10.2 Å². The Morgan fingerprint density at radius 1 is 1.30 bits per heavy atom. The van der Waals surface area contributed by atoms with E-state index in [4.69, 9.17) is 4.52 Å². The van der Waals surface area contributed by atoms with Crippen molar-refractivity contribution in [2.75, 3.05) is 31.6 Å². The fourth-order valence-electron chi connectivity index (χ4n) is 4.64. The predicted molar refractivity (Wildman–Crippen MR) is 111 cm³/mol. The first-order valence-corrected chi connectivity index (χ1v) is 9.96. The molecule has 160 valence electrons. The Bertz CT molecular complexity index is 981. The number of hydrogen-bond donors (Lipinski definition) is 1. The average Bonchev–Trinajstić information content (AvgIpc) is 3.30. The maximum Gasteiger partial charge on any atom is 0.258 e. The minimum absolute atomic E-state index is 0. The van der Waals surface area contributed by atoms with Crippen LogP contribution in [0.25, 0.3) is 0 Å². The zero-order valence-corrected chi connectivity index (χ0v) is 17.8. The van der Waals surface area contributed by atoms with Crippen LogP contribution in [-0.4, -0.2) is 64.1 Å². The van der Waals surface area contributed by atoms with Crippen LogP contribution in [0.5, 0.6) is 0 Å². The van der Waals surface area contributed by atoms with Gasteiger partial charge in [-0.3, -0.25) is 19.4 Å². The van der Waals surface area contributed by atoms with Crippen LogP contribution >= 0.6 is 12.4 Å². The SMILES string of the molecule is CN1CCNCC1c1noc(CN2C(=O)c3ccccc3N3C(=O)CCC23C)n1.Cl. The lowest BCUT2D eigenvalue weighted by Crippen LogP contribution is -2.61. The second kappa shape index (κ2) is 7.64. The van der Waals surface area contributed by atoms with E-state index in [0.29, 0.717) is 35.8 Å². The van der Waals surface area contributed by atoms with Crippen LogP contribution in [0.15, 0.2) is 28.8 Å². The molecule has 2 aromatic rings. The molecule has 1 N–H and O–H groups in total. The summed E-state index contributed by atoms with van der Waals surface area (Å²) >= 11 is 0. The van der Waals surface area contributed by atoms with Gasteiger partial charge >= 0.3 is 0 Å². The van der Waals surface area contributed by atoms with Gasteiger partial charge < -0.3 is 14.7 Å². The van der Waals surface area contributed by atoms with Crippen molar-refractivity contribution in [3.63, 3.8) is 0 Å². The van der Waals surface area contributed by atoms with E-state index in [-0.39, 0.29) is 36.8 Å². The van der Waals surface area contributed by atoms with Crippen molar-refractivity contribution in [1.82, 2.24) is 25.3 Å². The normalized spacial score (nSPS) is 26.4. The molecule has 0 aliphatic carbocycles. The number of rotatable bonds is 3. The molecule has 2 fully saturated rings. The maximum absolute atomic E-state index is 13.3. The number of carbonyl (C=O) groups excluding carboxylic acids is 2. The molecule has 2 saturated heterocycles. The number of aromatic nitrogens is 2. The highest BCUT2D eigenvalue weighted by Gasteiger charge is 2.53. The third-order valence-corrected chi connectivity index (χ3v) is 6.33. The molecule has 2 atom stereocenters. The highest BCUT2D eigenvalue weighted by molar-refractivity contribution is 6.10. The van der Waals surface area contributed by atoms with Gasteiger partial charge in [-0.05, 0) is 32.5 Å². The molecule has 2 amide bonds. The average molecular weight is 433 g/mol. The van der Waals surface area contributed by atoms with Gasteiger partial charge in [-0.2, -0.15) is 4.98 Å². The molecule has 0 bridgehead atoms. The van der Waals surface area contributed by atoms with E-state index in [2.05, 4.69) is 20.4 Å². The summed E-state index contributed by atoms with van der Waals surface area (Å²) in [5, 5.41) is 7.50. The van der Waals surface area contributed by atoms with Crippen molar-refractivity contribution in [3.05, 3.63) is 41.5 Å². The van der Waals surface area contributed by atoms with Gasteiger partial charge in [0.05, 0.1) is 17.3 Å². The highest BCUT2D eigenvalue weighted by atomic mass is 35.5. The summed E-state index contributed by atoms with van der Waals surface area (Å²) in [5.74, 6) is 0.903. The second-order valence-corrected chi connectivity index (χ2v) is 8.10. The molecule has 10 heteroatoms. The Morgan fingerprint density at radius 2 is 2.10 bits per heavy atom. The van der Waals surface area contributed by atoms with Crippen LogP contribution in [0, 0.1) is 0 Å². The Kier molecular flexibility index (Phi) is 5.29. The Hall–Kier alpha value is -2.49. The number of para-hydroxylation sites is 1. The molecule has 1 aromatic carbocycles. The van der Waals surface area contributed by atoms with E-state index in [0.717, 1.165) is 19.6 Å². The van der Waals surface area contributed by atoms with E-state index in [1.54, 1.807) is 15.9 Å². The van der Waals surface area contributed by atoms with Crippen molar-refractivity contribution in [3.8, 4) is 0 Å². The van der Waals surface area contributed by atoms with Gasteiger partial charge in [0.15, 0.2) is 5.82 Å². The van der Waals surface area contributed by atoms with E-state index in [1.807, 2.05) is 32.2 Å². The van der Waals surface area contributed by atoms with E-state index < -0.39 is 5.66 Å². The topological polar surface area (TPSA) is 94.8 Å². The monoisotopic (exact) mass is 432 g/mol. The van der Waals surface area contributed by atoms with Crippen molar-refractivity contribution in [1.29, 1.82) is 0 Å². The first kappa shape index (κ1) is 20.8. The predicted octanol–water partition coefficient (Wildman–Crippen LogP) is 1.57. The molecule has 3 aliphatic heterocycles. The lowest BCUT2D eigenvalue weighted by Gasteiger charge is -2.48. The van der Waals surface area contributed by atoms with Gasteiger partial charge in [0, 0.05) is 26.1 Å². The highest BCUT2D eigenvalue weighted by Crippen LogP contribution is 2.44. The molecular weight excluding hydrogens is 408 g/mol. The number of nitrogens with zero attached hydrogens (tertiary/aromatic N) is 5. The molecule has 3 aliphatic rings. The van der Waals surface area contributed by atoms with Crippen LogP contribution in [0.4, 0.5) is 5.69 Å². The van der Waals surface area contributed by atoms with Gasteiger partial charge in [-0.1, -0.05) is 17.3 Å². The fourth-order valence-corrected chi connectivity index (χ4v) is 4.64. The van der Waals surface area contributed by atoms with Gasteiger partial charge in [0.25, 0.3) is 5.91 Å². The van der Waals surface area contributed by atoms with E-state index in [9.17, 15) is 9.59 Å². The number of hydrogen-bond acceptors (Lipinski definition) is 7. The van der Waals surface area contributed by atoms with Crippen LogP contribution in [0.2, 0.25) is 0 Å². The molecule has 0 radical (unpaired) electrons. The molecule has 9 nitrogen and oxygen atoms in total. The zero-order valence-electron chi connectivity index (χ0n) is 17.0. The molecular formula is C20H25ClN6O3. The van der Waals surface area contributed by atoms with Gasteiger partial charge in [-0.15, -0.1) is 12.4 Å². The second-order valence-electron chi connectivity index (χ2n) is 8.10. The maximum atomic E-state index is 13.3. The molecule has 30 heavy (non-hydrogen) atoms. The van der Waals surface area contributed by atoms with E-state index in [1.165, 1.54) is 0 Å². The van der Waals surface area contributed by atoms with Crippen LogP contribution in [0.3, 0.4) is 0 Å². The minimum Gasteiger partial charge on any atom is -0.337 e. The fraction of sp³-hybridized carbons (Fsp3) is 0.500. The standard InChI is InChI=1S/C20H24N6O3.ClH/c1-20-8-7-17(27)26(20)14-6-4-3-5-13(14)19(28)25(20)12-16-22-18(23-29-16)15-11-21-9-10-24(15)2;/h3-6,15,21H,7-12H2,1-2H3;1H. The van der Waals surface area contributed by atoms with Gasteiger partial charge in [-0.25, -0.2) is 0 Å². The summed E-state index contributed by atoms with van der Waals surface area (Å²) < 4.78 is 5.51. The molecule has 2 unspecified atom stereocenters. The summed E-state index contributed by atoms with van der Waals surface area (Å²) in [4.78, 5) is 36.2. The number of likely N-dealkylation sites (N-methyl/N-ethyl adjacent to an activating group) is 1. The Morgan fingerprint density at radius 3 is 2.90 bits per heavy atom. The molecule has 4 heterocycles. The summed E-state index contributed by atoms with van der Waals surface area (Å²) in [6, 6.07) is 7.31. The minimum atomic E-state index is -0.736. The number of fused-ring (bicyclic) bond motifs is 3. The summed E-state index contributed by atoms with van der Waals surface area (Å²) in [6.07, 6.45) is 0.977. The lowest BCUT2D eigenvalue weighted by atomic mass is 9.98. The third kappa shape index (κ3) is 3.08. The van der Waals surface area contributed by atoms with Gasteiger partial charge in [0.1, 0.15) is 12.2 Å². The van der Waals surface area contributed by atoms with Crippen LogP contribution in [0.1, 0.15) is 47.9 Å². The molecule has 0 saturated carbocycles. The number of nitrogens with one attached hydrogen (secondary N) is 1. The first-order chi connectivity index (χ1) is 14.0. The largest absolute Gasteiger partial charge is 0.337 e. The van der Waals surface area contributed by atoms with Gasteiger partial charge in [0.2, 0.25) is 11.8 Å². The van der Waals surface area contributed by atoms with E-state index >= 15 is 0 Å². The zero-order chi connectivity index (χ0) is 20.2. The first-order valence-electron chi connectivity index (χ1n) is 9.96. The Balaban J connectivity index is 0.00000218. The summed E-state index contributed by atoms with van der Waals surface area (Å²) in [6.45, 7) is 4.70. The molecule has 0 spiro atoms. The smallest absolute Gasteiger partial charge is 0.258 e. The molecule has 1 aromatic heterocycles. The quantitative estimate of drug-likeness (QED) is 0.786. The van der Waals surface area contributed by atoms with Crippen LogP contribution in [-0.2, 0) is 11.3 Å². The number of carbonyl (C=O) groups is 2. The third-order valence-electron chi connectivity index (χ3n) is 6.33. The van der Waals surface area contributed by atoms with Crippen molar-refractivity contribution < 1.29 is 14.1 Å². The number of benzene rings is 1. The van der Waals surface area contributed by atoms with Crippen molar-refractivity contribution in [2.24, 2.45) is 0 Å². The van der Waals surface area contributed by atoms with Crippen molar-refractivity contribution >= 4 is 29.9 Å². The number of anilines is 1. The Labute approximate surface area is 180 Å². The van der Waals surface area contributed by atoms with Crippen molar-refractivity contribution in [2.45, 2.75) is 38.0 Å². The number of piperazine rings is 1. The number of amides is 2. The summed E-state index contributed by atoms with van der Waals surface area (Å²) in [5.41, 5.74) is 0.469.